The van der Waals surface area contributed by atoms with Gasteiger partial charge in [0.1, 0.15) is 29.1 Å². The normalized spacial score (nSPS) is 17.0. The van der Waals surface area contributed by atoms with Crippen LogP contribution in [-0.2, 0) is 14.4 Å². The van der Waals surface area contributed by atoms with Gasteiger partial charge in [-0.2, -0.15) is 0 Å². The lowest BCUT2D eigenvalue weighted by Gasteiger charge is -2.23. The van der Waals surface area contributed by atoms with Crippen molar-refractivity contribution in [3.05, 3.63) is 77.8 Å². The van der Waals surface area contributed by atoms with Gasteiger partial charge in [-0.3, -0.25) is 19.3 Å². The number of hydrogen-bond acceptors (Lipinski definition) is 7. The molecule has 1 unspecified atom stereocenters. The van der Waals surface area contributed by atoms with Gasteiger partial charge in [-0.25, -0.2) is 0 Å². The zero-order chi connectivity index (χ0) is 24.4. The molecule has 2 heterocycles. The molecule has 0 spiro atoms. The number of hydrogen-bond donors (Lipinski definition) is 2. The van der Waals surface area contributed by atoms with Crippen LogP contribution in [0.25, 0.3) is 5.76 Å². The third-order valence-corrected chi connectivity index (χ3v) is 5.39. The average Bonchev–Trinajstić information content (AvgIpc) is 3.45. The lowest BCUT2D eigenvalue weighted by atomic mass is 9.98. The van der Waals surface area contributed by atoms with Crippen molar-refractivity contribution in [2.45, 2.75) is 13.0 Å². The standard InChI is InChI=1S/C25H22N2O7/c1-14(28)26-15-6-8-16(9-7-15)27-22(19-5-4-12-34-19)21(24(30)25(27)31)23(29)18-11-10-17(32-2)13-20(18)33-3/h4-13,22,29H,1-3H3,(H,26,28)/b23-21-. The van der Waals surface area contributed by atoms with Crippen LogP contribution in [0.3, 0.4) is 0 Å². The van der Waals surface area contributed by atoms with Crippen LogP contribution in [0.5, 0.6) is 11.5 Å². The first-order valence-corrected chi connectivity index (χ1v) is 10.3. The molecule has 0 saturated carbocycles. The van der Waals surface area contributed by atoms with Crippen LogP contribution in [0, 0.1) is 0 Å². The van der Waals surface area contributed by atoms with Crippen LogP contribution in [0.2, 0.25) is 0 Å². The molecule has 4 rings (SSSR count). The van der Waals surface area contributed by atoms with Crippen LogP contribution in [-0.4, -0.2) is 36.9 Å². The van der Waals surface area contributed by atoms with Crippen LogP contribution in [0.1, 0.15) is 24.3 Å². The van der Waals surface area contributed by atoms with Crippen molar-refractivity contribution in [2.24, 2.45) is 0 Å². The van der Waals surface area contributed by atoms with Crippen molar-refractivity contribution < 1.29 is 33.4 Å². The molecule has 2 aromatic carbocycles. The number of methoxy groups -OCH3 is 2. The van der Waals surface area contributed by atoms with Crippen molar-refractivity contribution in [1.82, 2.24) is 0 Å². The first-order chi connectivity index (χ1) is 16.3. The molecule has 3 aromatic rings. The number of carbonyl (C=O) groups is 3. The molecule has 34 heavy (non-hydrogen) atoms. The van der Waals surface area contributed by atoms with Gasteiger partial charge in [0.15, 0.2) is 0 Å². The number of Topliss-reactive ketones (excluding diaryl/α,β-unsaturated/α-hetero) is 1. The summed E-state index contributed by atoms with van der Waals surface area (Å²) in [6.45, 7) is 1.39. The molecule has 1 atom stereocenters. The van der Waals surface area contributed by atoms with Gasteiger partial charge in [-0.15, -0.1) is 0 Å². The van der Waals surface area contributed by atoms with Crippen LogP contribution >= 0.6 is 0 Å². The first kappa shape index (κ1) is 22.7. The summed E-state index contributed by atoms with van der Waals surface area (Å²) in [6, 6.07) is 13.4. The number of amides is 2. The number of aliphatic hydroxyl groups excluding tert-OH is 1. The largest absolute Gasteiger partial charge is 0.507 e. The van der Waals surface area contributed by atoms with E-state index in [1.807, 2.05) is 0 Å². The fourth-order valence-electron chi connectivity index (χ4n) is 3.86. The number of rotatable bonds is 6. The summed E-state index contributed by atoms with van der Waals surface area (Å²) >= 11 is 0. The van der Waals surface area contributed by atoms with Crippen molar-refractivity contribution >= 4 is 34.7 Å². The fourth-order valence-corrected chi connectivity index (χ4v) is 3.86. The first-order valence-electron chi connectivity index (χ1n) is 10.3. The van der Waals surface area contributed by atoms with E-state index in [1.54, 1.807) is 54.6 Å². The molecule has 1 aromatic heterocycles. The highest BCUT2D eigenvalue weighted by molar-refractivity contribution is 6.51. The molecule has 1 fully saturated rings. The monoisotopic (exact) mass is 462 g/mol. The minimum absolute atomic E-state index is 0.144. The molecular formula is C25H22N2O7. The Morgan fingerprint density at radius 1 is 1.06 bits per heavy atom. The number of ketones is 1. The van der Waals surface area contributed by atoms with Gasteiger partial charge in [0, 0.05) is 24.4 Å². The molecule has 174 valence electrons. The average molecular weight is 462 g/mol. The minimum atomic E-state index is -1.02. The summed E-state index contributed by atoms with van der Waals surface area (Å²) in [4.78, 5) is 38.9. The molecule has 1 aliphatic heterocycles. The SMILES string of the molecule is COc1ccc(/C(O)=C2/C(=O)C(=O)N(c3ccc(NC(C)=O)cc3)C2c2ccco2)c(OC)c1. The van der Waals surface area contributed by atoms with Crippen LogP contribution in [0.4, 0.5) is 11.4 Å². The fraction of sp³-hybridized carbons (Fsp3) is 0.160. The lowest BCUT2D eigenvalue weighted by Crippen LogP contribution is -2.29. The number of benzene rings is 2. The van der Waals surface area contributed by atoms with Crippen LogP contribution < -0.4 is 19.7 Å². The van der Waals surface area contributed by atoms with E-state index in [-0.39, 0.29) is 22.8 Å². The lowest BCUT2D eigenvalue weighted by molar-refractivity contribution is -0.132. The maximum absolute atomic E-state index is 13.2. The van der Waals surface area contributed by atoms with Gasteiger partial charge in [-0.1, -0.05) is 0 Å². The number of anilines is 2. The van der Waals surface area contributed by atoms with E-state index < -0.39 is 23.5 Å². The Kier molecular flexibility index (Phi) is 6.09. The Labute approximate surface area is 195 Å². The molecule has 9 heteroatoms. The number of aliphatic hydroxyl groups is 1. The summed E-state index contributed by atoms with van der Waals surface area (Å²) in [5, 5.41) is 13.9. The summed E-state index contributed by atoms with van der Waals surface area (Å²) in [5.74, 6) is -1.30. The zero-order valence-electron chi connectivity index (χ0n) is 18.7. The van der Waals surface area contributed by atoms with E-state index in [2.05, 4.69) is 5.32 Å². The van der Waals surface area contributed by atoms with Gasteiger partial charge in [0.2, 0.25) is 5.91 Å². The van der Waals surface area contributed by atoms with Gasteiger partial charge in [0.05, 0.1) is 31.6 Å². The third kappa shape index (κ3) is 3.99. The van der Waals surface area contributed by atoms with E-state index in [0.717, 1.165) is 0 Å². The predicted molar refractivity (Wildman–Crippen MR) is 124 cm³/mol. The van der Waals surface area contributed by atoms with Crippen LogP contribution in [0.15, 0.2) is 70.9 Å². The van der Waals surface area contributed by atoms with E-state index >= 15 is 0 Å². The maximum Gasteiger partial charge on any atom is 0.300 e. The molecule has 9 nitrogen and oxygen atoms in total. The number of ether oxygens (including phenoxy) is 2. The molecule has 2 N–H and O–H groups in total. The predicted octanol–water partition coefficient (Wildman–Crippen LogP) is 3.88. The Morgan fingerprint density at radius 3 is 2.38 bits per heavy atom. The second-order valence-corrected chi connectivity index (χ2v) is 7.48. The number of furan rings is 1. The highest BCUT2D eigenvalue weighted by Gasteiger charge is 2.48. The molecule has 1 aliphatic rings. The van der Waals surface area contributed by atoms with E-state index in [0.29, 0.717) is 22.9 Å². The maximum atomic E-state index is 13.2. The molecule has 2 amide bonds. The third-order valence-electron chi connectivity index (χ3n) is 5.39. The van der Waals surface area contributed by atoms with Gasteiger partial charge < -0.3 is 24.3 Å². The minimum Gasteiger partial charge on any atom is -0.507 e. The summed E-state index contributed by atoms with van der Waals surface area (Å²) in [5.41, 5.74) is 0.997. The summed E-state index contributed by atoms with van der Waals surface area (Å²) < 4.78 is 16.1. The molecular weight excluding hydrogens is 440 g/mol. The van der Waals surface area contributed by atoms with Crippen molar-refractivity contribution in [2.75, 3.05) is 24.4 Å². The van der Waals surface area contributed by atoms with E-state index in [4.69, 9.17) is 13.9 Å². The van der Waals surface area contributed by atoms with Gasteiger partial charge >= 0.3 is 0 Å². The highest BCUT2D eigenvalue weighted by Crippen LogP contribution is 2.43. The summed E-state index contributed by atoms with van der Waals surface area (Å²) in [7, 11) is 2.92. The number of carbonyl (C=O) groups excluding carboxylic acids is 3. The zero-order valence-corrected chi connectivity index (χ0v) is 18.7. The Hall–Kier alpha value is -4.53. The molecule has 0 radical (unpaired) electrons. The summed E-state index contributed by atoms with van der Waals surface area (Å²) in [6.07, 6.45) is 1.42. The smallest absolute Gasteiger partial charge is 0.300 e. The van der Waals surface area contributed by atoms with Gasteiger partial charge in [-0.05, 0) is 48.5 Å². The highest BCUT2D eigenvalue weighted by atomic mass is 16.5. The molecule has 0 bridgehead atoms. The van der Waals surface area contributed by atoms with E-state index in [1.165, 1.54) is 32.3 Å². The Morgan fingerprint density at radius 2 is 1.79 bits per heavy atom. The molecule has 1 saturated heterocycles. The molecule has 0 aliphatic carbocycles. The Balaban J connectivity index is 1.86. The number of nitrogens with zero attached hydrogens (tertiary/aromatic N) is 1. The Bertz CT molecular complexity index is 1280. The van der Waals surface area contributed by atoms with Gasteiger partial charge in [0.25, 0.3) is 11.7 Å². The number of nitrogens with one attached hydrogen (secondary N) is 1. The quantitative estimate of drug-likeness (QED) is 0.324. The van der Waals surface area contributed by atoms with Crippen molar-refractivity contribution in [3.63, 3.8) is 0 Å². The van der Waals surface area contributed by atoms with Crippen molar-refractivity contribution in [3.8, 4) is 11.5 Å². The second kappa shape index (κ2) is 9.14. The second-order valence-electron chi connectivity index (χ2n) is 7.48. The van der Waals surface area contributed by atoms with Crippen molar-refractivity contribution in [1.29, 1.82) is 0 Å². The van der Waals surface area contributed by atoms with E-state index in [9.17, 15) is 19.5 Å². The topological polar surface area (TPSA) is 118 Å².